The van der Waals surface area contributed by atoms with Crippen LogP contribution in [0.4, 0.5) is 0 Å². The SMILES string of the molecule is CN(C)/C=C/C(=O)c1cnc2ccc(Cl)cn12. The van der Waals surface area contributed by atoms with Crippen LogP contribution in [-0.2, 0) is 0 Å². The number of rotatable bonds is 3. The Morgan fingerprint density at radius 3 is 2.94 bits per heavy atom. The third-order valence-corrected chi connectivity index (χ3v) is 2.47. The lowest BCUT2D eigenvalue weighted by Gasteiger charge is -2.02. The van der Waals surface area contributed by atoms with Crippen molar-refractivity contribution in [2.24, 2.45) is 0 Å². The van der Waals surface area contributed by atoms with Crippen LogP contribution in [0.25, 0.3) is 5.65 Å². The van der Waals surface area contributed by atoms with E-state index in [1.54, 1.807) is 40.0 Å². The number of aromatic nitrogens is 2. The molecule has 88 valence electrons. The number of hydrogen-bond acceptors (Lipinski definition) is 3. The fourth-order valence-corrected chi connectivity index (χ4v) is 1.60. The van der Waals surface area contributed by atoms with Gasteiger partial charge in [-0.1, -0.05) is 11.6 Å². The number of pyridine rings is 1. The summed E-state index contributed by atoms with van der Waals surface area (Å²) in [7, 11) is 3.71. The van der Waals surface area contributed by atoms with E-state index in [0.29, 0.717) is 16.4 Å². The van der Waals surface area contributed by atoms with Gasteiger partial charge in [0.2, 0.25) is 5.78 Å². The largest absolute Gasteiger partial charge is 0.383 e. The first-order valence-corrected chi connectivity index (χ1v) is 5.47. The summed E-state index contributed by atoms with van der Waals surface area (Å²) in [6, 6.07) is 3.52. The van der Waals surface area contributed by atoms with E-state index in [1.807, 2.05) is 14.1 Å². The van der Waals surface area contributed by atoms with Gasteiger partial charge in [-0.15, -0.1) is 0 Å². The summed E-state index contributed by atoms with van der Waals surface area (Å²) < 4.78 is 1.69. The Balaban J connectivity index is 2.42. The zero-order valence-electron chi connectivity index (χ0n) is 9.59. The van der Waals surface area contributed by atoms with Crippen LogP contribution in [0.5, 0.6) is 0 Å². The molecule has 0 saturated carbocycles. The summed E-state index contributed by atoms with van der Waals surface area (Å²) in [5.41, 5.74) is 1.21. The summed E-state index contributed by atoms with van der Waals surface area (Å²) in [6.45, 7) is 0. The second kappa shape index (κ2) is 4.59. The molecule has 0 aliphatic rings. The molecule has 2 rings (SSSR count). The van der Waals surface area contributed by atoms with Crippen LogP contribution in [0, 0.1) is 0 Å². The molecular formula is C12H12ClN3O. The van der Waals surface area contributed by atoms with Gasteiger partial charge in [0.25, 0.3) is 0 Å². The molecule has 0 amide bonds. The average Bonchev–Trinajstić information content (AvgIpc) is 2.68. The fourth-order valence-electron chi connectivity index (χ4n) is 1.44. The lowest BCUT2D eigenvalue weighted by molar-refractivity contribution is 0.104. The van der Waals surface area contributed by atoms with Crippen LogP contribution >= 0.6 is 11.6 Å². The molecule has 2 aromatic heterocycles. The first kappa shape index (κ1) is 11.7. The number of ketones is 1. The lowest BCUT2D eigenvalue weighted by Crippen LogP contribution is -2.04. The number of hydrogen-bond donors (Lipinski definition) is 0. The van der Waals surface area contributed by atoms with Crippen LogP contribution in [0.1, 0.15) is 10.5 Å². The molecule has 0 aromatic carbocycles. The van der Waals surface area contributed by atoms with E-state index in [4.69, 9.17) is 11.6 Å². The first-order valence-electron chi connectivity index (χ1n) is 5.09. The Morgan fingerprint density at radius 1 is 1.47 bits per heavy atom. The number of halogens is 1. The molecule has 0 spiro atoms. The zero-order chi connectivity index (χ0) is 12.4. The Kier molecular flexibility index (Phi) is 3.15. The predicted octanol–water partition coefficient (Wildman–Crippen LogP) is 2.25. The van der Waals surface area contributed by atoms with Gasteiger partial charge in [0.05, 0.1) is 11.2 Å². The highest BCUT2D eigenvalue weighted by Crippen LogP contribution is 2.13. The third kappa shape index (κ3) is 2.47. The maximum Gasteiger partial charge on any atom is 0.205 e. The summed E-state index contributed by atoms with van der Waals surface area (Å²) in [5.74, 6) is -0.103. The minimum absolute atomic E-state index is 0.103. The molecule has 0 bridgehead atoms. The van der Waals surface area contributed by atoms with Crippen molar-refractivity contribution in [1.82, 2.24) is 14.3 Å². The second-order valence-corrected chi connectivity index (χ2v) is 4.30. The Bertz CT molecular complexity index is 586. The van der Waals surface area contributed by atoms with Gasteiger partial charge in [0.15, 0.2) is 0 Å². The van der Waals surface area contributed by atoms with Crippen molar-refractivity contribution in [3.05, 3.63) is 47.5 Å². The van der Waals surface area contributed by atoms with E-state index in [1.165, 1.54) is 6.08 Å². The van der Waals surface area contributed by atoms with Gasteiger partial charge < -0.3 is 4.90 Å². The molecule has 0 aliphatic carbocycles. The summed E-state index contributed by atoms with van der Waals surface area (Å²) >= 11 is 5.89. The first-order chi connectivity index (χ1) is 8.08. The lowest BCUT2D eigenvalue weighted by atomic mass is 10.3. The maximum atomic E-state index is 11.9. The number of carbonyl (C=O) groups is 1. The minimum atomic E-state index is -0.103. The van der Waals surface area contributed by atoms with Crippen molar-refractivity contribution < 1.29 is 4.79 Å². The Labute approximate surface area is 104 Å². The van der Waals surface area contributed by atoms with Gasteiger partial charge in [-0.2, -0.15) is 0 Å². The van der Waals surface area contributed by atoms with Crippen molar-refractivity contribution in [2.75, 3.05) is 14.1 Å². The molecule has 5 heteroatoms. The molecule has 17 heavy (non-hydrogen) atoms. The molecular weight excluding hydrogens is 238 g/mol. The minimum Gasteiger partial charge on any atom is -0.383 e. The molecule has 2 aromatic rings. The van der Waals surface area contributed by atoms with Gasteiger partial charge in [-0.3, -0.25) is 9.20 Å². The highest BCUT2D eigenvalue weighted by atomic mass is 35.5. The predicted molar refractivity (Wildman–Crippen MR) is 67.4 cm³/mol. The van der Waals surface area contributed by atoms with Crippen molar-refractivity contribution in [3.8, 4) is 0 Å². The van der Waals surface area contributed by atoms with Gasteiger partial charge in [0.1, 0.15) is 11.3 Å². The summed E-state index contributed by atoms with van der Waals surface area (Å²) in [5, 5.41) is 0.570. The maximum absolute atomic E-state index is 11.9. The standard InChI is InChI=1S/C12H12ClN3O/c1-15(2)6-5-11(17)10-7-14-12-4-3-9(13)8-16(10)12/h3-8H,1-2H3/b6-5+. The van der Waals surface area contributed by atoms with E-state index in [9.17, 15) is 4.79 Å². The summed E-state index contributed by atoms with van der Waals surface area (Å²) in [4.78, 5) is 17.9. The highest BCUT2D eigenvalue weighted by molar-refractivity contribution is 6.30. The van der Waals surface area contributed by atoms with Gasteiger partial charge in [0, 0.05) is 32.6 Å². The quantitative estimate of drug-likeness (QED) is 0.619. The van der Waals surface area contributed by atoms with Gasteiger partial charge in [-0.25, -0.2) is 4.98 Å². The van der Waals surface area contributed by atoms with Crippen molar-refractivity contribution in [1.29, 1.82) is 0 Å². The molecule has 2 heterocycles. The molecule has 0 saturated heterocycles. The third-order valence-electron chi connectivity index (χ3n) is 2.25. The topological polar surface area (TPSA) is 37.6 Å². The molecule has 4 nitrogen and oxygen atoms in total. The van der Waals surface area contributed by atoms with E-state index in [-0.39, 0.29) is 5.78 Å². The number of fused-ring (bicyclic) bond motifs is 1. The number of nitrogens with zero attached hydrogens (tertiary/aromatic N) is 3. The number of allylic oxidation sites excluding steroid dienone is 1. The monoisotopic (exact) mass is 249 g/mol. The zero-order valence-corrected chi connectivity index (χ0v) is 10.3. The number of imidazole rings is 1. The molecule has 0 fully saturated rings. The van der Waals surface area contributed by atoms with E-state index in [2.05, 4.69) is 4.98 Å². The molecule has 0 radical (unpaired) electrons. The highest BCUT2D eigenvalue weighted by Gasteiger charge is 2.09. The average molecular weight is 250 g/mol. The fraction of sp³-hybridized carbons (Fsp3) is 0.167. The van der Waals surface area contributed by atoms with E-state index in [0.717, 1.165) is 0 Å². The van der Waals surface area contributed by atoms with Crippen LogP contribution in [0.15, 0.2) is 36.8 Å². The molecule has 0 unspecified atom stereocenters. The second-order valence-electron chi connectivity index (χ2n) is 3.86. The molecule has 0 aliphatic heterocycles. The van der Waals surface area contributed by atoms with Crippen LogP contribution < -0.4 is 0 Å². The van der Waals surface area contributed by atoms with Gasteiger partial charge in [-0.05, 0) is 12.1 Å². The van der Waals surface area contributed by atoms with Crippen molar-refractivity contribution in [3.63, 3.8) is 0 Å². The van der Waals surface area contributed by atoms with Crippen LogP contribution in [-0.4, -0.2) is 34.2 Å². The Morgan fingerprint density at radius 2 is 2.24 bits per heavy atom. The molecule has 0 N–H and O–H groups in total. The van der Waals surface area contributed by atoms with Crippen molar-refractivity contribution in [2.45, 2.75) is 0 Å². The van der Waals surface area contributed by atoms with Crippen LogP contribution in [0.3, 0.4) is 0 Å². The smallest absolute Gasteiger partial charge is 0.205 e. The number of carbonyl (C=O) groups excluding carboxylic acids is 1. The summed E-state index contributed by atoms with van der Waals surface area (Å²) in [6.07, 6.45) is 6.44. The van der Waals surface area contributed by atoms with Crippen molar-refractivity contribution >= 4 is 23.0 Å². The molecule has 0 atom stereocenters. The van der Waals surface area contributed by atoms with Crippen LogP contribution in [0.2, 0.25) is 5.02 Å². The normalized spacial score (nSPS) is 11.2. The van der Waals surface area contributed by atoms with E-state index < -0.39 is 0 Å². The van der Waals surface area contributed by atoms with Gasteiger partial charge >= 0.3 is 0 Å². The Hall–Kier alpha value is -1.81. The van der Waals surface area contributed by atoms with E-state index >= 15 is 0 Å².